The first-order valence-electron chi connectivity index (χ1n) is 20.9. The van der Waals surface area contributed by atoms with Crippen LogP contribution in [0.5, 0.6) is 0 Å². The van der Waals surface area contributed by atoms with Crippen LogP contribution in [0.2, 0.25) is 0 Å². The highest BCUT2D eigenvalue weighted by Crippen LogP contribution is 2.39. The number of hydrogen-bond acceptors (Lipinski definition) is 16. The Bertz CT molecular complexity index is 2410. The van der Waals surface area contributed by atoms with E-state index in [9.17, 15) is 29.1 Å². The first kappa shape index (κ1) is 46.0. The number of fused-ring (bicyclic) bond motifs is 1. The molecule has 8 rings (SSSR count). The maximum Gasteiger partial charge on any atom is 0.338 e. The number of ether oxygens (including phenoxy) is 10. The van der Waals surface area contributed by atoms with E-state index in [4.69, 9.17) is 59.0 Å². The number of carbonyl (C=O) groups excluding carboxylic acids is 5. The minimum atomic E-state index is -2.01. The van der Waals surface area contributed by atoms with Crippen molar-refractivity contribution in [2.45, 2.75) is 67.7 Å². The molecule has 17 heteroatoms. The number of aliphatic hydroxyl groups excluding tert-OH is 1. The zero-order valence-corrected chi connectivity index (χ0v) is 35.6. The molecule has 5 aromatic carbocycles. The van der Waals surface area contributed by atoms with Crippen LogP contribution in [0.1, 0.15) is 53.3 Å². The number of carbonyl (C=O) groups is 5. The third kappa shape index (κ3) is 10.9. The lowest BCUT2D eigenvalue weighted by atomic mass is 9.95. The highest BCUT2D eigenvalue weighted by molar-refractivity contribution is 6.26. The molecule has 66 heavy (non-hydrogen) atoms. The number of halogens is 1. The lowest BCUT2D eigenvalue weighted by molar-refractivity contribution is -0.382. The molecule has 342 valence electrons. The van der Waals surface area contributed by atoms with Gasteiger partial charge in [-0.2, -0.15) is 0 Å². The van der Waals surface area contributed by atoms with Gasteiger partial charge in [0.1, 0.15) is 36.9 Å². The Hall–Kier alpha value is -6.50. The monoisotopic (exact) mass is 922 g/mol. The van der Waals surface area contributed by atoms with E-state index in [-0.39, 0.29) is 28.9 Å². The standard InChI is InChI=1S/C49H43ClO16/c50-26-36(51)61-40-38-35(28-58-48(65-38)33-24-14-5-15-25-33)60-49(42(40)64-46(55)32-22-12-4-13-23-32)66-37-34(27-57-43(52)29-16-6-1-7-17-29)59-47(56)41(63-45(54)31-20-10-3-11-21-31)39(37)62-44(53)30-18-8-2-9-19-30/h1-25,34-35,37-42,47-49,56H,26-28H2/t34-,35-,37-,38-,39+,40+,41-,42-,47+,48?,49+/m1/s1. The minimum Gasteiger partial charge on any atom is -0.459 e. The summed E-state index contributed by atoms with van der Waals surface area (Å²) in [4.78, 5) is 68.2. The van der Waals surface area contributed by atoms with Gasteiger partial charge in [-0.05, 0) is 48.5 Å². The van der Waals surface area contributed by atoms with E-state index >= 15 is 0 Å². The second kappa shape index (κ2) is 21.7. The maximum atomic E-state index is 14.0. The molecule has 3 heterocycles. The molecule has 3 saturated heterocycles. The summed E-state index contributed by atoms with van der Waals surface area (Å²) in [7, 11) is 0. The molecule has 11 atom stereocenters. The molecule has 1 unspecified atom stereocenters. The first-order chi connectivity index (χ1) is 32.2. The second-order valence-corrected chi connectivity index (χ2v) is 15.4. The molecule has 0 aromatic heterocycles. The second-order valence-electron chi connectivity index (χ2n) is 15.1. The number of rotatable bonds is 14. The maximum absolute atomic E-state index is 14.0. The van der Waals surface area contributed by atoms with Crippen LogP contribution < -0.4 is 0 Å². The van der Waals surface area contributed by atoms with Gasteiger partial charge >= 0.3 is 29.8 Å². The predicted molar refractivity (Wildman–Crippen MR) is 229 cm³/mol. The summed E-state index contributed by atoms with van der Waals surface area (Å²) < 4.78 is 61.4. The molecule has 0 amide bonds. The topological polar surface area (TPSA) is 198 Å². The molecular weight excluding hydrogens is 880 g/mol. The Balaban J connectivity index is 1.20. The van der Waals surface area contributed by atoms with Crippen molar-refractivity contribution < 1.29 is 76.4 Å². The van der Waals surface area contributed by atoms with Crippen LogP contribution in [0.4, 0.5) is 0 Å². The molecule has 0 saturated carbocycles. The van der Waals surface area contributed by atoms with Crippen molar-refractivity contribution in [3.8, 4) is 0 Å². The molecule has 0 bridgehead atoms. The zero-order valence-electron chi connectivity index (χ0n) is 34.9. The van der Waals surface area contributed by atoms with Crippen molar-refractivity contribution in [3.63, 3.8) is 0 Å². The van der Waals surface area contributed by atoms with Gasteiger partial charge in [-0.1, -0.05) is 103 Å². The summed E-state index contributed by atoms with van der Waals surface area (Å²) in [5.41, 5.74) is 1.06. The van der Waals surface area contributed by atoms with E-state index in [2.05, 4.69) is 0 Å². The van der Waals surface area contributed by atoms with Gasteiger partial charge in [-0.3, -0.25) is 4.79 Å². The van der Waals surface area contributed by atoms with Crippen LogP contribution in [0.25, 0.3) is 0 Å². The SMILES string of the molecule is O=C(CCl)O[C@@H]1[C@@H](OC(=O)c2ccccc2)[C@H](O[C@H]2[C@H](OC(=O)c3ccccc3)[C@@H](OC(=O)c3ccccc3)[C@@H](O)O[C@@H]2COC(=O)c2ccccc2)O[C@@H]2COC(c3ccccc3)O[C@@H]12. The summed E-state index contributed by atoms with van der Waals surface area (Å²) in [5.74, 6) is -5.05. The quantitative estimate of drug-likeness (QED) is 0.0818. The normalized spacial score (nSPS) is 27.0. The van der Waals surface area contributed by atoms with Crippen LogP contribution in [-0.2, 0) is 52.2 Å². The largest absolute Gasteiger partial charge is 0.459 e. The van der Waals surface area contributed by atoms with Gasteiger partial charge in [0.15, 0.2) is 43.3 Å². The third-order valence-electron chi connectivity index (χ3n) is 10.8. The molecule has 3 aliphatic rings. The average molecular weight is 923 g/mol. The Morgan fingerprint density at radius 1 is 0.530 bits per heavy atom. The Morgan fingerprint density at radius 3 is 1.52 bits per heavy atom. The molecule has 0 spiro atoms. The van der Waals surface area contributed by atoms with Gasteiger partial charge in [0.25, 0.3) is 0 Å². The first-order valence-corrected chi connectivity index (χ1v) is 21.4. The molecule has 0 radical (unpaired) electrons. The van der Waals surface area contributed by atoms with E-state index in [1.54, 1.807) is 97.1 Å². The van der Waals surface area contributed by atoms with E-state index in [0.29, 0.717) is 5.56 Å². The predicted octanol–water partition coefficient (Wildman–Crippen LogP) is 5.61. The van der Waals surface area contributed by atoms with Crippen LogP contribution in [0.15, 0.2) is 152 Å². The smallest absolute Gasteiger partial charge is 0.338 e. The molecule has 5 aromatic rings. The lowest BCUT2D eigenvalue weighted by Crippen LogP contribution is -2.67. The van der Waals surface area contributed by atoms with Gasteiger partial charge in [-0.25, -0.2) is 19.2 Å². The average Bonchev–Trinajstić information content (AvgIpc) is 3.36. The van der Waals surface area contributed by atoms with E-state index in [1.807, 2.05) is 6.07 Å². The van der Waals surface area contributed by atoms with Crippen molar-refractivity contribution in [1.82, 2.24) is 0 Å². The number of alkyl halides is 1. The van der Waals surface area contributed by atoms with Gasteiger partial charge in [0.2, 0.25) is 0 Å². The van der Waals surface area contributed by atoms with Crippen LogP contribution in [-0.4, -0.2) is 115 Å². The van der Waals surface area contributed by atoms with Gasteiger partial charge in [0, 0.05) is 5.56 Å². The van der Waals surface area contributed by atoms with Crippen LogP contribution in [0, 0.1) is 0 Å². The molecule has 3 aliphatic heterocycles. The van der Waals surface area contributed by atoms with Crippen molar-refractivity contribution >= 4 is 41.4 Å². The van der Waals surface area contributed by atoms with Crippen molar-refractivity contribution in [3.05, 3.63) is 179 Å². The minimum absolute atomic E-state index is 0.0707. The Morgan fingerprint density at radius 2 is 1.00 bits per heavy atom. The Labute approximate surface area is 383 Å². The zero-order chi connectivity index (χ0) is 46.0. The fourth-order valence-corrected chi connectivity index (χ4v) is 7.66. The molecule has 3 fully saturated rings. The van der Waals surface area contributed by atoms with Crippen LogP contribution >= 0.6 is 11.6 Å². The molecule has 1 N–H and O–H groups in total. The van der Waals surface area contributed by atoms with Crippen LogP contribution in [0.3, 0.4) is 0 Å². The van der Waals surface area contributed by atoms with Crippen molar-refractivity contribution in [1.29, 1.82) is 0 Å². The number of benzene rings is 5. The van der Waals surface area contributed by atoms with E-state index in [0.717, 1.165) is 0 Å². The Kier molecular flexibility index (Phi) is 15.1. The summed E-state index contributed by atoms with van der Waals surface area (Å²) >= 11 is 5.99. The molecular formula is C49H43ClO16. The summed E-state index contributed by atoms with van der Waals surface area (Å²) in [6.07, 6.45) is -17.0. The van der Waals surface area contributed by atoms with Gasteiger partial charge in [-0.15, -0.1) is 11.6 Å². The number of aliphatic hydroxyl groups is 1. The summed E-state index contributed by atoms with van der Waals surface area (Å²) in [6, 6.07) is 40.5. The molecule has 0 aliphatic carbocycles. The van der Waals surface area contributed by atoms with E-state index in [1.165, 1.54) is 48.5 Å². The van der Waals surface area contributed by atoms with Crippen molar-refractivity contribution in [2.24, 2.45) is 0 Å². The third-order valence-corrected chi connectivity index (χ3v) is 11.0. The van der Waals surface area contributed by atoms with E-state index < -0.39 is 110 Å². The van der Waals surface area contributed by atoms with Crippen molar-refractivity contribution in [2.75, 3.05) is 19.1 Å². The number of hydrogen-bond donors (Lipinski definition) is 1. The fourth-order valence-electron chi connectivity index (χ4n) is 7.60. The summed E-state index contributed by atoms with van der Waals surface area (Å²) in [5, 5.41) is 11.6. The number of esters is 5. The summed E-state index contributed by atoms with van der Waals surface area (Å²) in [6.45, 7) is -0.808. The lowest BCUT2D eigenvalue weighted by Gasteiger charge is -2.50. The highest BCUT2D eigenvalue weighted by atomic mass is 35.5. The molecule has 16 nitrogen and oxygen atoms in total. The highest BCUT2D eigenvalue weighted by Gasteiger charge is 2.58. The fraction of sp³-hybridized carbons (Fsp3) is 0.286. The van der Waals surface area contributed by atoms with Gasteiger partial charge in [0.05, 0.1) is 28.9 Å². The van der Waals surface area contributed by atoms with Gasteiger partial charge < -0.3 is 52.5 Å².